The molecule has 0 fully saturated rings. The van der Waals surface area contributed by atoms with Gasteiger partial charge in [-0.15, -0.1) is 0 Å². The zero-order valence-electron chi connectivity index (χ0n) is 18.1. The van der Waals surface area contributed by atoms with Crippen molar-refractivity contribution in [2.45, 2.75) is 6.92 Å². The van der Waals surface area contributed by atoms with Gasteiger partial charge in [0.05, 0.1) is 45.8 Å². The van der Waals surface area contributed by atoms with Crippen molar-refractivity contribution in [2.75, 3.05) is 0 Å². The van der Waals surface area contributed by atoms with E-state index in [4.69, 9.17) is 0 Å². The van der Waals surface area contributed by atoms with Crippen LogP contribution in [-0.4, -0.2) is 19.1 Å². The van der Waals surface area contributed by atoms with Gasteiger partial charge in [0.25, 0.3) is 0 Å². The molecule has 0 aliphatic heterocycles. The molecular weight excluding hydrogens is 404 g/mol. The summed E-state index contributed by atoms with van der Waals surface area (Å²) in [5.41, 5.74) is 8.08. The third kappa shape index (κ3) is 2.58. The number of rotatable bonds is 2. The summed E-state index contributed by atoms with van der Waals surface area (Å²) in [5.74, 6) is 0. The normalized spacial score (nSPS) is 11.8. The van der Waals surface area contributed by atoms with Crippen LogP contribution in [0.25, 0.3) is 55.0 Å². The Labute approximate surface area is 190 Å². The van der Waals surface area contributed by atoms with E-state index in [-0.39, 0.29) is 0 Å². The number of para-hydroxylation sites is 1. The Morgan fingerprint density at radius 1 is 0.515 bits per heavy atom. The molecule has 0 aliphatic rings. The highest BCUT2D eigenvalue weighted by molar-refractivity contribution is 6.19. The summed E-state index contributed by atoms with van der Waals surface area (Å²) in [6.45, 7) is 2.14. The van der Waals surface area contributed by atoms with E-state index in [0.29, 0.717) is 0 Å². The van der Waals surface area contributed by atoms with Crippen LogP contribution in [0.15, 0.2) is 104 Å². The summed E-state index contributed by atoms with van der Waals surface area (Å²) in [6, 6.07) is 28.2. The van der Waals surface area contributed by atoms with Gasteiger partial charge in [-0.2, -0.15) is 0 Å². The van der Waals surface area contributed by atoms with E-state index < -0.39 is 0 Å². The highest BCUT2D eigenvalue weighted by Crippen LogP contribution is 2.39. The Bertz CT molecular complexity index is 1810. The molecule has 4 heteroatoms. The van der Waals surface area contributed by atoms with Gasteiger partial charge in [0.2, 0.25) is 0 Å². The Kier molecular flexibility index (Phi) is 3.73. The monoisotopic (exact) mass is 424 g/mol. The lowest BCUT2D eigenvalue weighted by Gasteiger charge is -2.09. The molecule has 4 nitrogen and oxygen atoms in total. The first-order valence-corrected chi connectivity index (χ1v) is 11.1. The zero-order chi connectivity index (χ0) is 21.9. The molecule has 0 radical (unpaired) electrons. The number of pyridine rings is 2. The quantitative estimate of drug-likeness (QED) is 0.300. The molecule has 0 amide bonds. The Balaban J connectivity index is 1.71. The molecule has 0 saturated heterocycles. The van der Waals surface area contributed by atoms with Gasteiger partial charge >= 0.3 is 0 Å². The van der Waals surface area contributed by atoms with Gasteiger partial charge < -0.3 is 9.13 Å². The summed E-state index contributed by atoms with van der Waals surface area (Å²) in [6.07, 6.45) is 7.50. The third-order valence-electron chi connectivity index (χ3n) is 6.52. The molecule has 0 spiro atoms. The molecule has 0 saturated carbocycles. The van der Waals surface area contributed by atoms with Gasteiger partial charge in [0.15, 0.2) is 0 Å². The zero-order valence-corrected chi connectivity index (χ0v) is 18.1. The van der Waals surface area contributed by atoms with E-state index in [1.807, 2.05) is 36.9 Å². The van der Waals surface area contributed by atoms with Crippen molar-refractivity contribution < 1.29 is 0 Å². The van der Waals surface area contributed by atoms with Crippen LogP contribution in [0.1, 0.15) is 5.56 Å². The second kappa shape index (κ2) is 6.78. The molecule has 0 unspecified atom stereocenters. The van der Waals surface area contributed by atoms with Crippen LogP contribution in [0.3, 0.4) is 0 Å². The number of hydrogen-bond acceptors (Lipinski definition) is 2. The lowest BCUT2D eigenvalue weighted by Crippen LogP contribution is -1.96. The van der Waals surface area contributed by atoms with E-state index in [9.17, 15) is 0 Å². The SMILES string of the molecule is Cc1ccc2c3cc4c5ccccc5n(-c5cccnc5)c4cc3n(-c3cccnc3)c2c1. The van der Waals surface area contributed by atoms with E-state index in [0.717, 1.165) is 11.4 Å². The summed E-state index contributed by atoms with van der Waals surface area (Å²) >= 11 is 0. The molecule has 4 heterocycles. The number of aromatic nitrogens is 4. The summed E-state index contributed by atoms with van der Waals surface area (Å²) in [4.78, 5) is 8.80. The summed E-state index contributed by atoms with van der Waals surface area (Å²) < 4.78 is 4.64. The molecule has 4 aromatic heterocycles. The van der Waals surface area contributed by atoms with Crippen molar-refractivity contribution >= 4 is 43.6 Å². The summed E-state index contributed by atoms with van der Waals surface area (Å²) in [7, 11) is 0. The first-order chi connectivity index (χ1) is 16.3. The molecule has 33 heavy (non-hydrogen) atoms. The molecule has 7 aromatic rings. The highest BCUT2D eigenvalue weighted by atomic mass is 15.0. The molecule has 0 N–H and O–H groups in total. The van der Waals surface area contributed by atoms with Crippen molar-refractivity contribution in [2.24, 2.45) is 0 Å². The van der Waals surface area contributed by atoms with Crippen molar-refractivity contribution in [1.29, 1.82) is 0 Å². The second-order valence-corrected chi connectivity index (χ2v) is 8.52. The number of fused-ring (bicyclic) bond motifs is 6. The van der Waals surface area contributed by atoms with E-state index in [1.165, 1.54) is 49.2 Å². The maximum atomic E-state index is 4.40. The predicted octanol–water partition coefficient (Wildman–Crippen LogP) is 6.98. The molecule has 0 atom stereocenters. The maximum Gasteiger partial charge on any atom is 0.0645 e. The standard InChI is InChI=1S/C29H20N4/c1-19-10-11-23-25-15-24-22-8-2-3-9-26(22)32(20-6-4-12-30-17-20)28(24)16-29(25)33(27(23)14-19)21-7-5-13-31-18-21/h2-18H,1H3. The lowest BCUT2D eigenvalue weighted by molar-refractivity contribution is 1.13. The minimum atomic E-state index is 1.06. The smallest absolute Gasteiger partial charge is 0.0645 e. The minimum Gasteiger partial charge on any atom is -0.308 e. The highest BCUT2D eigenvalue weighted by Gasteiger charge is 2.18. The Morgan fingerprint density at radius 2 is 1.12 bits per heavy atom. The number of nitrogens with zero attached hydrogens (tertiary/aromatic N) is 4. The molecular formula is C29H20N4. The molecule has 7 rings (SSSR count). The van der Waals surface area contributed by atoms with Gasteiger partial charge in [-0.3, -0.25) is 9.97 Å². The van der Waals surface area contributed by atoms with Gasteiger partial charge in [-0.1, -0.05) is 30.3 Å². The molecule has 156 valence electrons. The Morgan fingerprint density at radius 3 is 1.79 bits per heavy atom. The van der Waals surface area contributed by atoms with Crippen LogP contribution in [0.5, 0.6) is 0 Å². The third-order valence-corrected chi connectivity index (χ3v) is 6.52. The maximum absolute atomic E-state index is 4.40. The predicted molar refractivity (Wildman–Crippen MR) is 135 cm³/mol. The van der Waals surface area contributed by atoms with Crippen molar-refractivity contribution in [3.63, 3.8) is 0 Å². The number of aryl methyl sites for hydroxylation is 1. The van der Waals surface area contributed by atoms with Gasteiger partial charge in [0, 0.05) is 33.9 Å². The average molecular weight is 425 g/mol. The van der Waals surface area contributed by atoms with Crippen molar-refractivity contribution in [3.8, 4) is 11.4 Å². The van der Waals surface area contributed by atoms with E-state index in [2.05, 4.69) is 92.8 Å². The number of hydrogen-bond donors (Lipinski definition) is 0. The fourth-order valence-corrected chi connectivity index (χ4v) is 5.12. The van der Waals surface area contributed by atoms with Crippen LogP contribution in [0, 0.1) is 6.92 Å². The van der Waals surface area contributed by atoms with E-state index in [1.54, 1.807) is 0 Å². The van der Waals surface area contributed by atoms with Gasteiger partial charge in [-0.25, -0.2) is 0 Å². The molecule has 0 bridgehead atoms. The second-order valence-electron chi connectivity index (χ2n) is 8.52. The lowest BCUT2D eigenvalue weighted by atomic mass is 10.1. The van der Waals surface area contributed by atoms with Crippen LogP contribution in [0.4, 0.5) is 0 Å². The topological polar surface area (TPSA) is 35.6 Å². The van der Waals surface area contributed by atoms with Crippen molar-refractivity contribution in [3.05, 3.63) is 109 Å². The minimum absolute atomic E-state index is 1.06. The fourth-order valence-electron chi connectivity index (χ4n) is 5.12. The molecule has 0 aliphatic carbocycles. The summed E-state index contributed by atoms with van der Waals surface area (Å²) in [5, 5.41) is 4.98. The van der Waals surface area contributed by atoms with E-state index >= 15 is 0 Å². The van der Waals surface area contributed by atoms with Crippen LogP contribution in [0.2, 0.25) is 0 Å². The van der Waals surface area contributed by atoms with Crippen LogP contribution >= 0.6 is 0 Å². The first-order valence-electron chi connectivity index (χ1n) is 11.1. The fraction of sp³-hybridized carbons (Fsp3) is 0.0345. The van der Waals surface area contributed by atoms with Crippen LogP contribution in [-0.2, 0) is 0 Å². The number of benzene rings is 3. The van der Waals surface area contributed by atoms with Gasteiger partial charge in [-0.05, 0) is 61.0 Å². The average Bonchev–Trinajstić information content (AvgIpc) is 3.35. The first kappa shape index (κ1) is 18.2. The van der Waals surface area contributed by atoms with Crippen molar-refractivity contribution in [1.82, 2.24) is 19.1 Å². The van der Waals surface area contributed by atoms with Gasteiger partial charge in [0.1, 0.15) is 0 Å². The van der Waals surface area contributed by atoms with Crippen LogP contribution < -0.4 is 0 Å². The Hall–Kier alpha value is -4.44. The molecule has 3 aromatic carbocycles. The largest absolute Gasteiger partial charge is 0.308 e.